The van der Waals surface area contributed by atoms with Crippen LogP contribution in [0.2, 0.25) is 0 Å². The molecule has 2 rings (SSSR count). The Morgan fingerprint density at radius 2 is 2.21 bits per heavy atom. The van der Waals surface area contributed by atoms with Crippen molar-refractivity contribution >= 4 is 0 Å². The Balaban J connectivity index is 2.12. The molecule has 1 aromatic rings. The lowest BCUT2D eigenvalue weighted by Crippen LogP contribution is -2.32. The molecular formula is C15H21F2NO. The van der Waals surface area contributed by atoms with E-state index < -0.39 is 11.6 Å². The van der Waals surface area contributed by atoms with Crippen molar-refractivity contribution in [3.63, 3.8) is 0 Å². The number of nitrogens with one attached hydrogen (secondary N) is 1. The number of benzene rings is 1. The van der Waals surface area contributed by atoms with E-state index in [0.29, 0.717) is 12.2 Å². The second kappa shape index (κ2) is 6.96. The zero-order valence-corrected chi connectivity index (χ0v) is 11.3. The SMILES string of the molecule is CCCNCC1CCCOC1c1cccc(F)c1F. The van der Waals surface area contributed by atoms with Crippen LogP contribution in [0, 0.1) is 17.6 Å². The van der Waals surface area contributed by atoms with Gasteiger partial charge in [-0.05, 0) is 31.9 Å². The molecule has 1 saturated heterocycles. The molecule has 4 heteroatoms. The lowest BCUT2D eigenvalue weighted by atomic mass is 9.89. The Labute approximate surface area is 113 Å². The van der Waals surface area contributed by atoms with Crippen molar-refractivity contribution in [1.29, 1.82) is 0 Å². The van der Waals surface area contributed by atoms with Crippen molar-refractivity contribution in [2.75, 3.05) is 19.7 Å². The topological polar surface area (TPSA) is 21.3 Å². The van der Waals surface area contributed by atoms with Crippen LogP contribution in [0.15, 0.2) is 18.2 Å². The lowest BCUT2D eigenvalue weighted by molar-refractivity contribution is -0.0299. The average molecular weight is 269 g/mol. The predicted octanol–water partition coefficient (Wildman–Crippen LogP) is 3.43. The lowest BCUT2D eigenvalue weighted by Gasteiger charge is -2.32. The molecule has 0 aliphatic carbocycles. The van der Waals surface area contributed by atoms with Crippen molar-refractivity contribution in [1.82, 2.24) is 5.32 Å². The molecule has 0 bridgehead atoms. The van der Waals surface area contributed by atoms with Crippen LogP contribution in [0.25, 0.3) is 0 Å². The van der Waals surface area contributed by atoms with Crippen LogP contribution in [-0.4, -0.2) is 19.7 Å². The molecule has 2 unspecified atom stereocenters. The van der Waals surface area contributed by atoms with E-state index in [9.17, 15) is 8.78 Å². The molecule has 0 amide bonds. The van der Waals surface area contributed by atoms with E-state index in [1.54, 1.807) is 12.1 Å². The molecule has 1 N–H and O–H groups in total. The van der Waals surface area contributed by atoms with Gasteiger partial charge in [-0.2, -0.15) is 0 Å². The Morgan fingerprint density at radius 1 is 1.37 bits per heavy atom. The van der Waals surface area contributed by atoms with Crippen LogP contribution in [-0.2, 0) is 4.74 Å². The van der Waals surface area contributed by atoms with Crippen LogP contribution >= 0.6 is 0 Å². The highest BCUT2D eigenvalue weighted by molar-refractivity contribution is 5.22. The highest BCUT2D eigenvalue weighted by Gasteiger charge is 2.29. The number of rotatable bonds is 5. The summed E-state index contributed by atoms with van der Waals surface area (Å²) in [6.45, 7) is 4.45. The number of hydrogen-bond donors (Lipinski definition) is 1. The van der Waals surface area contributed by atoms with Crippen molar-refractivity contribution in [3.8, 4) is 0 Å². The van der Waals surface area contributed by atoms with Gasteiger partial charge in [-0.25, -0.2) is 8.78 Å². The molecule has 1 fully saturated rings. The first kappa shape index (κ1) is 14.4. The summed E-state index contributed by atoms with van der Waals surface area (Å²) in [6.07, 6.45) is 2.68. The fourth-order valence-corrected chi connectivity index (χ4v) is 2.60. The Bertz CT molecular complexity index is 411. The average Bonchev–Trinajstić information content (AvgIpc) is 2.43. The van der Waals surface area contributed by atoms with Crippen LogP contribution in [0.3, 0.4) is 0 Å². The van der Waals surface area contributed by atoms with Gasteiger partial charge in [0.2, 0.25) is 0 Å². The van der Waals surface area contributed by atoms with Gasteiger partial charge in [0.1, 0.15) is 0 Å². The number of ether oxygens (including phenoxy) is 1. The largest absolute Gasteiger partial charge is 0.373 e. The second-order valence-electron chi connectivity index (χ2n) is 5.04. The summed E-state index contributed by atoms with van der Waals surface area (Å²) in [5, 5.41) is 3.34. The van der Waals surface area contributed by atoms with E-state index in [1.165, 1.54) is 0 Å². The maximum atomic E-state index is 13.9. The van der Waals surface area contributed by atoms with E-state index >= 15 is 0 Å². The fourth-order valence-electron chi connectivity index (χ4n) is 2.60. The van der Waals surface area contributed by atoms with Crippen molar-refractivity contribution in [3.05, 3.63) is 35.4 Å². The minimum atomic E-state index is -0.799. The minimum absolute atomic E-state index is 0.205. The van der Waals surface area contributed by atoms with E-state index in [0.717, 1.165) is 38.4 Å². The van der Waals surface area contributed by atoms with Crippen LogP contribution in [0.5, 0.6) is 0 Å². The van der Waals surface area contributed by atoms with E-state index in [2.05, 4.69) is 12.2 Å². The highest BCUT2D eigenvalue weighted by atomic mass is 19.2. The van der Waals surface area contributed by atoms with Gasteiger partial charge in [0.05, 0.1) is 6.10 Å². The molecule has 1 aliphatic rings. The summed E-state index contributed by atoms with van der Waals surface area (Å²) < 4.78 is 32.9. The monoisotopic (exact) mass is 269 g/mol. The van der Waals surface area contributed by atoms with Gasteiger partial charge >= 0.3 is 0 Å². The van der Waals surface area contributed by atoms with Gasteiger partial charge in [0.25, 0.3) is 0 Å². The standard InChI is InChI=1S/C15H21F2NO/c1-2-8-18-10-11-5-4-9-19-15(11)12-6-3-7-13(16)14(12)17/h3,6-7,11,15,18H,2,4-5,8-10H2,1H3. The first-order valence-corrected chi connectivity index (χ1v) is 7.00. The number of halogens is 2. The van der Waals surface area contributed by atoms with E-state index in [4.69, 9.17) is 4.74 Å². The molecule has 0 spiro atoms. The minimum Gasteiger partial charge on any atom is -0.373 e. The molecular weight excluding hydrogens is 248 g/mol. The van der Waals surface area contributed by atoms with Crippen molar-refractivity contribution in [2.24, 2.45) is 5.92 Å². The summed E-state index contributed by atoms with van der Waals surface area (Å²) in [5.41, 5.74) is 0.350. The molecule has 2 atom stereocenters. The summed E-state index contributed by atoms with van der Waals surface area (Å²) in [4.78, 5) is 0. The molecule has 1 aromatic carbocycles. The molecule has 1 heterocycles. The molecule has 0 radical (unpaired) electrons. The van der Waals surface area contributed by atoms with Gasteiger partial charge in [-0.3, -0.25) is 0 Å². The maximum Gasteiger partial charge on any atom is 0.164 e. The second-order valence-corrected chi connectivity index (χ2v) is 5.04. The van der Waals surface area contributed by atoms with Gasteiger partial charge in [-0.1, -0.05) is 19.1 Å². The summed E-state index contributed by atoms with van der Waals surface area (Å²) in [6, 6.07) is 4.31. The molecule has 2 nitrogen and oxygen atoms in total. The van der Waals surface area contributed by atoms with Gasteiger partial charge in [0, 0.05) is 24.6 Å². The van der Waals surface area contributed by atoms with Crippen molar-refractivity contribution in [2.45, 2.75) is 32.3 Å². The van der Waals surface area contributed by atoms with E-state index in [1.807, 2.05) is 0 Å². The molecule has 19 heavy (non-hydrogen) atoms. The summed E-state index contributed by atoms with van der Waals surface area (Å²) in [7, 11) is 0. The first-order chi connectivity index (χ1) is 9.24. The van der Waals surface area contributed by atoms with Crippen LogP contribution in [0.1, 0.15) is 37.9 Å². The molecule has 106 valence electrons. The third-order valence-corrected chi connectivity index (χ3v) is 3.57. The van der Waals surface area contributed by atoms with Crippen LogP contribution < -0.4 is 5.32 Å². The third kappa shape index (κ3) is 3.51. The van der Waals surface area contributed by atoms with Gasteiger partial charge in [0.15, 0.2) is 11.6 Å². The Morgan fingerprint density at radius 3 is 3.00 bits per heavy atom. The smallest absolute Gasteiger partial charge is 0.164 e. The van der Waals surface area contributed by atoms with Gasteiger partial charge < -0.3 is 10.1 Å². The highest BCUT2D eigenvalue weighted by Crippen LogP contribution is 2.35. The third-order valence-electron chi connectivity index (χ3n) is 3.57. The molecule has 0 saturated carbocycles. The first-order valence-electron chi connectivity index (χ1n) is 7.00. The maximum absolute atomic E-state index is 13.9. The number of hydrogen-bond acceptors (Lipinski definition) is 2. The molecule has 1 aliphatic heterocycles. The van der Waals surface area contributed by atoms with Crippen molar-refractivity contribution < 1.29 is 13.5 Å². The Kier molecular flexibility index (Phi) is 5.28. The summed E-state index contributed by atoms with van der Waals surface area (Å²) in [5.74, 6) is -1.36. The quantitative estimate of drug-likeness (QED) is 0.827. The zero-order chi connectivity index (χ0) is 13.7. The Hall–Kier alpha value is -1.00. The zero-order valence-electron chi connectivity index (χ0n) is 11.3. The van der Waals surface area contributed by atoms with E-state index in [-0.39, 0.29) is 12.0 Å². The normalized spacial score (nSPS) is 23.5. The molecule has 0 aromatic heterocycles. The van der Waals surface area contributed by atoms with Crippen LogP contribution in [0.4, 0.5) is 8.78 Å². The van der Waals surface area contributed by atoms with Gasteiger partial charge in [-0.15, -0.1) is 0 Å². The summed E-state index contributed by atoms with van der Waals surface area (Å²) >= 11 is 0. The fraction of sp³-hybridized carbons (Fsp3) is 0.600. The predicted molar refractivity (Wildman–Crippen MR) is 70.9 cm³/mol.